The van der Waals surface area contributed by atoms with Crippen molar-refractivity contribution in [3.05, 3.63) is 5.15 Å². The molecule has 0 amide bonds. The van der Waals surface area contributed by atoms with E-state index in [1.54, 1.807) is 0 Å². The Hall–Kier alpha value is -0.350. The summed E-state index contributed by atoms with van der Waals surface area (Å²) in [5.41, 5.74) is 0. The van der Waals surface area contributed by atoms with Crippen molar-refractivity contribution in [3.8, 4) is 0 Å². The van der Waals surface area contributed by atoms with E-state index in [9.17, 15) is 0 Å². The van der Waals surface area contributed by atoms with Crippen molar-refractivity contribution in [2.24, 2.45) is 5.92 Å². The number of rotatable bonds is 4. The molecule has 3 rings (SSSR count). The summed E-state index contributed by atoms with van der Waals surface area (Å²) in [5, 5.41) is 0.586. The van der Waals surface area contributed by atoms with Gasteiger partial charge >= 0.3 is 0 Å². The highest BCUT2D eigenvalue weighted by Crippen LogP contribution is 2.39. The van der Waals surface area contributed by atoms with E-state index in [0.29, 0.717) is 11.2 Å². The molecule has 0 atom stereocenters. The largest absolute Gasteiger partial charge is 0.350 e. The molecule has 0 aliphatic heterocycles. The molecule has 0 bridgehead atoms. The molecular weight excluding hydrogens is 218 g/mol. The summed E-state index contributed by atoms with van der Waals surface area (Å²) in [6.45, 7) is 1.13. The molecule has 2 saturated carbocycles. The third-order valence-electron chi connectivity index (χ3n) is 2.84. The minimum atomic E-state index is 0.586. The average molecular weight is 230 g/mol. The lowest BCUT2D eigenvalue weighted by Gasteiger charge is -2.21. The first-order valence-corrected chi connectivity index (χ1v) is 6.20. The summed E-state index contributed by atoms with van der Waals surface area (Å²) < 4.78 is 8.31. The zero-order valence-electron chi connectivity index (χ0n) is 7.82. The van der Waals surface area contributed by atoms with Crippen molar-refractivity contribution < 1.29 is 0 Å². The van der Waals surface area contributed by atoms with Crippen LogP contribution in [0, 0.1) is 5.92 Å². The van der Waals surface area contributed by atoms with Crippen LogP contribution in [0.25, 0.3) is 0 Å². The van der Waals surface area contributed by atoms with Crippen molar-refractivity contribution in [1.82, 2.24) is 8.75 Å². The van der Waals surface area contributed by atoms with Gasteiger partial charge in [-0.3, -0.25) is 0 Å². The molecule has 1 heterocycles. The third-order valence-corrected chi connectivity index (χ3v) is 3.72. The van der Waals surface area contributed by atoms with E-state index in [-0.39, 0.29) is 0 Å². The minimum Gasteiger partial charge on any atom is -0.350 e. The number of halogens is 1. The monoisotopic (exact) mass is 229 g/mol. The Kier molecular flexibility index (Phi) is 2.13. The molecule has 0 aromatic carbocycles. The van der Waals surface area contributed by atoms with Crippen molar-refractivity contribution in [1.29, 1.82) is 0 Å². The first-order chi connectivity index (χ1) is 6.84. The lowest BCUT2D eigenvalue weighted by atomic mass is 10.3. The topological polar surface area (TPSA) is 29.0 Å². The van der Waals surface area contributed by atoms with Gasteiger partial charge in [0.2, 0.25) is 0 Å². The molecule has 1 aromatic heterocycles. The van der Waals surface area contributed by atoms with Crippen LogP contribution in [0.1, 0.15) is 25.7 Å². The first-order valence-electron chi connectivity index (χ1n) is 5.09. The third kappa shape index (κ3) is 1.73. The van der Waals surface area contributed by atoms with Crippen LogP contribution >= 0.6 is 23.3 Å². The van der Waals surface area contributed by atoms with Crippen molar-refractivity contribution in [2.45, 2.75) is 31.7 Å². The van der Waals surface area contributed by atoms with Gasteiger partial charge in [0.1, 0.15) is 0 Å². The van der Waals surface area contributed by atoms with E-state index < -0.39 is 0 Å². The molecule has 2 fully saturated rings. The summed E-state index contributed by atoms with van der Waals surface area (Å²) in [7, 11) is 0. The average Bonchev–Trinajstić information content (AvgIpc) is 3.04. The van der Waals surface area contributed by atoms with Gasteiger partial charge in [-0.05, 0) is 31.6 Å². The van der Waals surface area contributed by atoms with Gasteiger partial charge in [-0.1, -0.05) is 11.6 Å². The van der Waals surface area contributed by atoms with Gasteiger partial charge in [0.05, 0.1) is 11.7 Å². The van der Waals surface area contributed by atoms with Gasteiger partial charge in [-0.2, -0.15) is 8.75 Å². The Morgan fingerprint density at radius 2 is 2.07 bits per heavy atom. The van der Waals surface area contributed by atoms with Crippen LogP contribution in [-0.4, -0.2) is 21.3 Å². The molecular formula is C9H12ClN3S. The van der Waals surface area contributed by atoms with Gasteiger partial charge in [0.15, 0.2) is 11.0 Å². The number of nitrogens with zero attached hydrogens (tertiary/aromatic N) is 3. The minimum absolute atomic E-state index is 0.586. The molecule has 14 heavy (non-hydrogen) atoms. The molecule has 76 valence electrons. The molecule has 1 aromatic rings. The number of aromatic nitrogens is 2. The quantitative estimate of drug-likeness (QED) is 0.795. The van der Waals surface area contributed by atoms with E-state index in [2.05, 4.69) is 13.6 Å². The summed E-state index contributed by atoms with van der Waals surface area (Å²) in [4.78, 5) is 2.36. The molecule has 3 nitrogen and oxygen atoms in total. The Balaban J connectivity index is 1.79. The van der Waals surface area contributed by atoms with Crippen LogP contribution in [0.15, 0.2) is 0 Å². The van der Waals surface area contributed by atoms with Gasteiger partial charge < -0.3 is 4.90 Å². The summed E-state index contributed by atoms with van der Waals surface area (Å²) in [5.74, 6) is 1.81. The molecule has 0 spiro atoms. The van der Waals surface area contributed by atoms with Gasteiger partial charge in [-0.15, -0.1) is 0 Å². The van der Waals surface area contributed by atoms with E-state index in [4.69, 9.17) is 11.6 Å². The summed E-state index contributed by atoms with van der Waals surface area (Å²) in [6.07, 6.45) is 5.33. The standard InChI is InChI=1S/C9H12ClN3S/c10-8-9(12-14-11-8)13(7-3-4-7)5-6-1-2-6/h6-7H,1-5H2. The van der Waals surface area contributed by atoms with Gasteiger partial charge in [0, 0.05) is 12.6 Å². The number of anilines is 1. The summed E-state index contributed by atoms with van der Waals surface area (Å²) in [6, 6.07) is 0.692. The fraction of sp³-hybridized carbons (Fsp3) is 0.778. The summed E-state index contributed by atoms with van der Waals surface area (Å²) >= 11 is 7.22. The maximum Gasteiger partial charge on any atom is 0.187 e. The number of hydrogen-bond acceptors (Lipinski definition) is 4. The van der Waals surface area contributed by atoms with Crippen molar-refractivity contribution in [2.75, 3.05) is 11.4 Å². The van der Waals surface area contributed by atoms with E-state index in [0.717, 1.165) is 18.3 Å². The van der Waals surface area contributed by atoms with Crippen molar-refractivity contribution >= 4 is 29.1 Å². The molecule has 2 aliphatic rings. The fourth-order valence-corrected chi connectivity index (χ4v) is 2.47. The lowest BCUT2D eigenvalue weighted by Crippen LogP contribution is -2.28. The maximum absolute atomic E-state index is 6.01. The molecule has 0 radical (unpaired) electrons. The van der Waals surface area contributed by atoms with Crippen LogP contribution in [0.2, 0.25) is 5.15 Å². The predicted octanol–water partition coefficient (Wildman–Crippen LogP) is 2.57. The first kappa shape index (κ1) is 8.92. The van der Waals surface area contributed by atoms with Crippen LogP contribution in [0.5, 0.6) is 0 Å². The number of hydrogen-bond donors (Lipinski definition) is 0. The molecule has 2 aliphatic carbocycles. The zero-order valence-corrected chi connectivity index (χ0v) is 9.39. The SMILES string of the molecule is Clc1nsnc1N(CC1CC1)C1CC1. The Morgan fingerprint density at radius 1 is 1.29 bits per heavy atom. The Morgan fingerprint density at radius 3 is 2.57 bits per heavy atom. The molecule has 0 saturated heterocycles. The van der Waals surface area contributed by atoms with Crippen molar-refractivity contribution in [3.63, 3.8) is 0 Å². The van der Waals surface area contributed by atoms with Gasteiger partial charge in [-0.25, -0.2) is 0 Å². The normalized spacial score (nSPS) is 21.2. The van der Waals surface area contributed by atoms with E-state index in [1.165, 1.54) is 37.4 Å². The second-order valence-electron chi connectivity index (χ2n) is 4.21. The van der Waals surface area contributed by atoms with Crippen LogP contribution in [-0.2, 0) is 0 Å². The van der Waals surface area contributed by atoms with E-state index in [1.807, 2.05) is 0 Å². The highest BCUT2D eigenvalue weighted by Gasteiger charge is 2.35. The second-order valence-corrected chi connectivity index (χ2v) is 5.09. The van der Waals surface area contributed by atoms with Crippen LogP contribution in [0.3, 0.4) is 0 Å². The Bertz CT molecular complexity index is 333. The van der Waals surface area contributed by atoms with Crippen LogP contribution < -0.4 is 4.90 Å². The smallest absolute Gasteiger partial charge is 0.187 e. The molecule has 5 heteroatoms. The zero-order chi connectivity index (χ0) is 9.54. The molecule has 0 unspecified atom stereocenters. The second kappa shape index (κ2) is 3.35. The maximum atomic E-state index is 6.01. The predicted molar refractivity (Wildman–Crippen MR) is 58.0 cm³/mol. The lowest BCUT2D eigenvalue weighted by molar-refractivity contribution is 0.712. The van der Waals surface area contributed by atoms with Crippen LogP contribution in [0.4, 0.5) is 5.82 Å². The fourth-order valence-electron chi connectivity index (χ4n) is 1.72. The van der Waals surface area contributed by atoms with Gasteiger partial charge in [0.25, 0.3) is 0 Å². The Labute approximate surface area is 92.4 Å². The highest BCUT2D eigenvalue weighted by atomic mass is 35.5. The molecule has 0 N–H and O–H groups in total. The van der Waals surface area contributed by atoms with E-state index >= 15 is 0 Å². The highest BCUT2D eigenvalue weighted by molar-refractivity contribution is 6.99.